The molecule has 106 valence electrons. The van der Waals surface area contributed by atoms with E-state index in [-0.39, 0.29) is 11.7 Å². The van der Waals surface area contributed by atoms with Crippen LogP contribution in [-0.2, 0) is 6.42 Å². The van der Waals surface area contributed by atoms with Crippen LogP contribution in [-0.4, -0.2) is 21.1 Å². The molecule has 3 rings (SSSR count). The van der Waals surface area contributed by atoms with Crippen molar-refractivity contribution in [1.82, 2.24) is 15.2 Å². The van der Waals surface area contributed by atoms with Gasteiger partial charge in [0.15, 0.2) is 0 Å². The Morgan fingerprint density at radius 1 is 1.29 bits per heavy atom. The van der Waals surface area contributed by atoms with E-state index in [1.165, 1.54) is 0 Å². The van der Waals surface area contributed by atoms with Gasteiger partial charge >= 0.3 is 0 Å². The number of benzene rings is 1. The summed E-state index contributed by atoms with van der Waals surface area (Å²) in [7, 11) is 0. The highest BCUT2D eigenvalue weighted by atomic mass is 32.1. The number of thiophene rings is 1. The molecule has 21 heavy (non-hydrogen) atoms. The van der Waals surface area contributed by atoms with Gasteiger partial charge in [-0.3, -0.25) is 9.89 Å². The third-order valence-electron chi connectivity index (χ3n) is 3.03. The lowest BCUT2D eigenvalue weighted by Gasteiger charge is -2.08. The van der Waals surface area contributed by atoms with Crippen molar-refractivity contribution in [3.63, 3.8) is 0 Å². The molecule has 0 spiro atoms. The Morgan fingerprint density at radius 3 is 2.86 bits per heavy atom. The van der Waals surface area contributed by atoms with Crippen LogP contribution in [0.2, 0.25) is 0 Å². The number of nitrogens with zero attached hydrogens (tertiary/aromatic N) is 2. The molecule has 2 aromatic heterocycles. The number of aryl methyl sites for hydroxylation is 1. The van der Waals surface area contributed by atoms with Crippen LogP contribution in [0.4, 0.5) is 5.69 Å². The molecule has 2 N–H and O–H groups in total. The number of rotatable bonds is 4. The van der Waals surface area contributed by atoms with Crippen molar-refractivity contribution < 1.29 is 4.79 Å². The Bertz CT molecular complexity index is 749. The van der Waals surface area contributed by atoms with Crippen molar-refractivity contribution in [3.05, 3.63) is 53.4 Å². The fraction of sp³-hybridized carbons (Fsp3) is 0.133. The number of para-hydroxylation sites is 1. The lowest BCUT2D eigenvalue weighted by Crippen LogP contribution is -2.14. The first kappa shape index (κ1) is 13.5. The molecular weight excluding hydrogens is 284 g/mol. The molecule has 0 saturated carbocycles. The molecule has 5 nitrogen and oxygen atoms in total. The molecule has 1 aromatic carbocycles. The highest BCUT2D eigenvalue weighted by Crippen LogP contribution is 2.31. The number of H-pyrrole nitrogens is 1. The van der Waals surface area contributed by atoms with Crippen molar-refractivity contribution >= 4 is 22.9 Å². The first-order valence-corrected chi connectivity index (χ1v) is 7.51. The van der Waals surface area contributed by atoms with Gasteiger partial charge in [0, 0.05) is 22.5 Å². The normalized spacial score (nSPS) is 10.5. The molecule has 0 aliphatic rings. The zero-order valence-electron chi connectivity index (χ0n) is 11.5. The van der Waals surface area contributed by atoms with Gasteiger partial charge in [0.05, 0.1) is 0 Å². The summed E-state index contributed by atoms with van der Waals surface area (Å²) in [6, 6.07) is 11.7. The summed E-state index contributed by atoms with van der Waals surface area (Å²) in [6.45, 7) is 1.95. The molecule has 2 heterocycles. The number of carbonyl (C=O) groups is 1. The van der Waals surface area contributed by atoms with Crippen LogP contribution in [0.1, 0.15) is 23.4 Å². The van der Waals surface area contributed by atoms with Gasteiger partial charge in [-0.05, 0) is 17.5 Å². The van der Waals surface area contributed by atoms with Crippen molar-refractivity contribution in [1.29, 1.82) is 0 Å². The molecule has 6 heteroatoms. The number of aromatic nitrogens is 3. The van der Waals surface area contributed by atoms with E-state index < -0.39 is 0 Å². The van der Waals surface area contributed by atoms with Crippen LogP contribution in [0.15, 0.2) is 41.8 Å². The standard InChI is InChI=1S/C15H14N4OS/c1-2-13-17-14(19-18-13)15(20)16-11-7-4-3-6-10(11)12-8-5-9-21-12/h3-9H,2H2,1H3,(H,16,20)(H,17,18,19). The molecule has 0 aliphatic heterocycles. The van der Waals surface area contributed by atoms with Gasteiger partial charge < -0.3 is 5.32 Å². The van der Waals surface area contributed by atoms with Crippen LogP contribution in [0.25, 0.3) is 10.4 Å². The van der Waals surface area contributed by atoms with Crippen LogP contribution in [0.3, 0.4) is 0 Å². The monoisotopic (exact) mass is 298 g/mol. The molecule has 0 unspecified atom stereocenters. The second-order valence-electron chi connectivity index (χ2n) is 4.44. The van der Waals surface area contributed by atoms with Gasteiger partial charge in [-0.15, -0.1) is 16.4 Å². The first-order chi connectivity index (χ1) is 10.3. The second kappa shape index (κ2) is 5.88. The number of carbonyl (C=O) groups excluding carboxylic acids is 1. The van der Waals surface area contributed by atoms with E-state index >= 15 is 0 Å². The number of hydrogen-bond acceptors (Lipinski definition) is 4. The summed E-state index contributed by atoms with van der Waals surface area (Å²) >= 11 is 1.63. The average molecular weight is 298 g/mol. The number of anilines is 1. The zero-order chi connectivity index (χ0) is 14.7. The van der Waals surface area contributed by atoms with Gasteiger partial charge in [0.2, 0.25) is 5.82 Å². The first-order valence-electron chi connectivity index (χ1n) is 6.63. The molecule has 0 bridgehead atoms. The Labute approximate surface area is 126 Å². The maximum absolute atomic E-state index is 12.2. The van der Waals surface area contributed by atoms with Crippen molar-refractivity contribution in [2.45, 2.75) is 13.3 Å². The largest absolute Gasteiger partial charge is 0.319 e. The summed E-state index contributed by atoms with van der Waals surface area (Å²) in [5.41, 5.74) is 1.75. The van der Waals surface area contributed by atoms with Gasteiger partial charge in [-0.2, -0.15) is 0 Å². The molecule has 0 atom stereocenters. The smallest absolute Gasteiger partial charge is 0.295 e. The minimum absolute atomic E-state index is 0.160. The molecule has 0 radical (unpaired) electrons. The summed E-state index contributed by atoms with van der Waals surface area (Å²) in [4.78, 5) is 17.5. The van der Waals surface area contributed by atoms with Crippen LogP contribution in [0, 0.1) is 0 Å². The van der Waals surface area contributed by atoms with E-state index in [1.54, 1.807) is 11.3 Å². The summed E-state index contributed by atoms with van der Waals surface area (Å²) in [6.07, 6.45) is 0.714. The number of nitrogens with one attached hydrogen (secondary N) is 2. The SMILES string of the molecule is CCc1nc(C(=O)Nc2ccccc2-c2cccs2)n[nH]1. The third kappa shape index (κ3) is 2.85. The molecule has 3 aromatic rings. The summed E-state index contributed by atoms with van der Waals surface area (Å²) < 4.78 is 0. The minimum atomic E-state index is -0.310. The molecule has 0 fully saturated rings. The third-order valence-corrected chi connectivity index (χ3v) is 3.93. The maximum atomic E-state index is 12.2. The van der Waals surface area contributed by atoms with Gasteiger partial charge in [0.1, 0.15) is 5.82 Å². The van der Waals surface area contributed by atoms with E-state index in [9.17, 15) is 4.79 Å². The molecule has 1 amide bonds. The van der Waals surface area contributed by atoms with Crippen LogP contribution < -0.4 is 5.32 Å². The van der Waals surface area contributed by atoms with Crippen LogP contribution in [0.5, 0.6) is 0 Å². The Hall–Kier alpha value is -2.47. The minimum Gasteiger partial charge on any atom is -0.319 e. The summed E-state index contributed by atoms with van der Waals surface area (Å²) in [5.74, 6) is 0.550. The van der Waals surface area contributed by atoms with Gasteiger partial charge in [0.25, 0.3) is 5.91 Å². The number of aromatic amines is 1. The van der Waals surface area contributed by atoms with E-state index in [2.05, 4.69) is 20.5 Å². The highest BCUT2D eigenvalue weighted by Gasteiger charge is 2.14. The topological polar surface area (TPSA) is 70.7 Å². The fourth-order valence-electron chi connectivity index (χ4n) is 1.97. The average Bonchev–Trinajstić information content (AvgIpc) is 3.19. The Morgan fingerprint density at radius 2 is 2.14 bits per heavy atom. The zero-order valence-corrected chi connectivity index (χ0v) is 12.3. The van der Waals surface area contributed by atoms with Gasteiger partial charge in [-0.25, -0.2) is 4.98 Å². The lowest BCUT2D eigenvalue weighted by molar-refractivity contribution is 0.101. The fourth-order valence-corrected chi connectivity index (χ4v) is 2.74. The Kier molecular flexibility index (Phi) is 3.79. The molecule has 0 saturated heterocycles. The van der Waals surface area contributed by atoms with E-state index in [0.29, 0.717) is 12.2 Å². The second-order valence-corrected chi connectivity index (χ2v) is 5.38. The van der Waals surface area contributed by atoms with E-state index in [4.69, 9.17) is 0 Å². The molecular formula is C15H14N4OS. The van der Waals surface area contributed by atoms with E-state index in [1.807, 2.05) is 48.7 Å². The quantitative estimate of drug-likeness (QED) is 0.776. The predicted molar refractivity (Wildman–Crippen MR) is 83.5 cm³/mol. The summed E-state index contributed by atoms with van der Waals surface area (Å²) in [5, 5.41) is 11.6. The Balaban J connectivity index is 1.86. The highest BCUT2D eigenvalue weighted by molar-refractivity contribution is 7.13. The number of amides is 1. The van der Waals surface area contributed by atoms with E-state index in [0.717, 1.165) is 16.1 Å². The lowest BCUT2D eigenvalue weighted by atomic mass is 10.1. The molecule has 0 aliphatic carbocycles. The van der Waals surface area contributed by atoms with Crippen molar-refractivity contribution in [2.24, 2.45) is 0 Å². The van der Waals surface area contributed by atoms with Crippen molar-refractivity contribution in [3.8, 4) is 10.4 Å². The van der Waals surface area contributed by atoms with Crippen LogP contribution >= 0.6 is 11.3 Å². The predicted octanol–water partition coefficient (Wildman–Crippen LogP) is 3.35. The van der Waals surface area contributed by atoms with Gasteiger partial charge in [-0.1, -0.05) is 31.2 Å². The maximum Gasteiger partial charge on any atom is 0.295 e. The number of hydrogen-bond donors (Lipinski definition) is 2. The van der Waals surface area contributed by atoms with Crippen molar-refractivity contribution in [2.75, 3.05) is 5.32 Å².